The molecule has 0 bridgehead atoms. The lowest BCUT2D eigenvalue weighted by molar-refractivity contribution is 0.603. The second kappa shape index (κ2) is 7.18. The molecule has 0 N–H and O–H groups in total. The molecule has 7 heteroatoms. The van der Waals surface area contributed by atoms with E-state index in [1.54, 1.807) is 12.4 Å². The zero-order chi connectivity index (χ0) is 20.9. The van der Waals surface area contributed by atoms with Gasteiger partial charge in [-0.2, -0.15) is 0 Å². The Labute approximate surface area is 179 Å². The van der Waals surface area contributed by atoms with Crippen LogP contribution < -0.4 is 0 Å². The molecule has 31 heavy (non-hydrogen) atoms. The standard InChI is InChI=1S/C24H23FN6/c1-14-19(11-27-23(29-14)16-5-6-16)20-12-26-22(31-13-28-30-24(20)31)10-8-18-17-4-2-3-15(17)7-9-21(18)25/h7,9,11-13,16H,2-6,8,10H2,1H3. The summed E-state index contributed by atoms with van der Waals surface area (Å²) in [5.41, 5.74) is 6.77. The van der Waals surface area contributed by atoms with Crippen LogP contribution >= 0.6 is 0 Å². The molecular formula is C24H23FN6. The van der Waals surface area contributed by atoms with Gasteiger partial charge >= 0.3 is 0 Å². The van der Waals surface area contributed by atoms with Crippen molar-refractivity contribution in [1.29, 1.82) is 0 Å². The van der Waals surface area contributed by atoms with Gasteiger partial charge < -0.3 is 0 Å². The van der Waals surface area contributed by atoms with Gasteiger partial charge in [-0.15, -0.1) is 10.2 Å². The second-order valence-electron chi connectivity index (χ2n) is 8.63. The Morgan fingerprint density at radius 2 is 1.94 bits per heavy atom. The van der Waals surface area contributed by atoms with Gasteiger partial charge in [-0.25, -0.2) is 19.3 Å². The maximum Gasteiger partial charge on any atom is 0.171 e. The van der Waals surface area contributed by atoms with Gasteiger partial charge in [0.2, 0.25) is 0 Å². The Morgan fingerprint density at radius 1 is 1.06 bits per heavy atom. The minimum absolute atomic E-state index is 0.110. The number of benzene rings is 1. The van der Waals surface area contributed by atoms with Crippen molar-refractivity contribution in [2.45, 2.75) is 57.8 Å². The van der Waals surface area contributed by atoms with Gasteiger partial charge in [0.15, 0.2) is 5.65 Å². The van der Waals surface area contributed by atoms with Crippen LogP contribution in [0.5, 0.6) is 0 Å². The first-order valence-electron chi connectivity index (χ1n) is 11.0. The molecule has 0 amide bonds. The highest BCUT2D eigenvalue weighted by molar-refractivity contribution is 5.77. The Balaban J connectivity index is 1.33. The quantitative estimate of drug-likeness (QED) is 0.490. The minimum Gasteiger partial charge on any atom is -0.269 e. The molecule has 1 saturated carbocycles. The molecule has 0 unspecified atom stereocenters. The Kier molecular flexibility index (Phi) is 4.30. The fourth-order valence-electron chi connectivity index (χ4n) is 4.75. The predicted octanol–water partition coefficient (Wildman–Crippen LogP) is 4.18. The van der Waals surface area contributed by atoms with Gasteiger partial charge in [0.1, 0.15) is 23.8 Å². The third kappa shape index (κ3) is 3.19. The number of rotatable bonds is 5. The normalized spacial score (nSPS) is 15.5. The van der Waals surface area contributed by atoms with Crippen LogP contribution in [0.4, 0.5) is 4.39 Å². The molecule has 2 aliphatic carbocycles. The van der Waals surface area contributed by atoms with E-state index in [2.05, 4.69) is 15.2 Å². The lowest BCUT2D eigenvalue weighted by Crippen LogP contribution is -2.07. The molecule has 0 spiro atoms. The fourth-order valence-corrected chi connectivity index (χ4v) is 4.75. The number of nitrogens with zero attached hydrogens (tertiary/aromatic N) is 6. The maximum atomic E-state index is 14.6. The van der Waals surface area contributed by atoms with E-state index in [1.807, 2.05) is 29.8 Å². The number of hydrogen-bond acceptors (Lipinski definition) is 5. The van der Waals surface area contributed by atoms with Crippen molar-refractivity contribution in [1.82, 2.24) is 29.5 Å². The van der Waals surface area contributed by atoms with E-state index >= 15 is 0 Å². The van der Waals surface area contributed by atoms with E-state index in [9.17, 15) is 4.39 Å². The van der Waals surface area contributed by atoms with Gasteiger partial charge in [-0.05, 0) is 68.2 Å². The number of hydrogen-bond donors (Lipinski definition) is 0. The van der Waals surface area contributed by atoms with E-state index in [0.717, 1.165) is 58.9 Å². The van der Waals surface area contributed by atoms with Crippen LogP contribution in [-0.4, -0.2) is 29.5 Å². The van der Waals surface area contributed by atoms with Crippen LogP contribution in [0.15, 0.2) is 30.9 Å². The summed E-state index contributed by atoms with van der Waals surface area (Å²) in [5.74, 6) is 2.16. The third-order valence-corrected chi connectivity index (χ3v) is 6.58. The van der Waals surface area contributed by atoms with Crippen LogP contribution in [0, 0.1) is 12.7 Å². The summed E-state index contributed by atoms with van der Waals surface area (Å²) in [7, 11) is 0. The highest BCUT2D eigenvalue weighted by Gasteiger charge is 2.27. The van der Waals surface area contributed by atoms with Crippen molar-refractivity contribution in [3.8, 4) is 11.1 Å². The number of halogens is 1. The van der Waals surface area contributed by atoms with Crippen LogP contribution in [0.1, 0.15) is 59.2 Å². The zero-order valence-electron chi connectivity index (χ0n) is 17.5. The van der Waals surface area contributed by atoms with Gasteiger partial charge in [0, 0.05) is 41.6 Å². The van der Waals surface area contributed by atoms with E-state index in [0.29, 0.717) is 18.8 Å². The fraction of sp³-hybridized carbons (Fsp3) is 0.375. The molecular weight excluding hydrogens is 391 g/mol. The minimum atomic E-state index is -0.110. The van der Waals surface area contributed by atoms with E-state index in [4.69, 9.17) is 9.97 Å². The summed E-state index contributed by atoms with van der Waals surface area (Å²) in [5, 5.41) is 8.46. The summed E-state index contributed by atoms with van der Waals surface area (Å²) in [4.78, 5) is 14.0. The maximum absolute atomic E-state index is 14.6. The molecule has 2 aliphatic rings. The smallest absolute Gasteiger partial charge is 0.171 e. The number of aromatic nitrogens is 6. The highest BCUT2D eigenvalue weighted by Crippen LogP contribution is 2.38. The van der Waals surface area contributed by atoms with Gasteiger partial charge in [-0.3, -0.25) is 4.40 Å². The third-order valence-electron chi connectivity index (χ3n) is 6.58. The van der Waals surface area contributed by atoms with Crippen molar-refractivity contribution in [3.05, 3.63) is 70.7 Å². The van der Waals surface area contributed by atoms with Gasteiger partial charge in [-0.1, -0.05) is 6.07 Å². The van der Waals surface area contributed by atoms with Gasteiger partial charge in [0.25, 0.3) is 0 Å². The van der Waals surface area contributed by atoms with Crippen molar-refractivity contribution < 1.29 is 4.39 Å². The number of aryl methyl sites for hydroxylation is 3. The summed E-state index contributed by atoms with van der Waals surface area (Å²) < 4.78 is 16.5. The first-order chi connectivity index (χ1) is 15.2. The second-order valence-corrected chi connectivity index (χ2v) is 8.63. The molecule has 0 aliphatic heterocycles. The number of fused-ring (bicyclic) bond motifs is 2. The van der Waals surface area contributed by atoms with E-state index in [1.165, 1.54) is 24.0 Å². The largest absolute Gasteiger partial charge is 0.269 e. The molecule has 0 saturated heterocycles. The summed E-state index contributed by atoms with van der Waals surface area (Å²) in [6.07, 6.45) is 12.1. The van der Waals surface area contributed by atoms with Crippen LogP contribution in [0.3, 0.4) is 0 Å². The summed E-state index contributed by atoms with van der Waals surface area (Å²) in [6.45, 7) is 2.00. The first-order valence-corrected chi connectivity index (χ1v) is 11.0. The molecule has 6 rings (SSSR count). The molecule has 0 radical (unpaired) electrons. The first kappa shape index (κ1) is 18.5. The average Bonchev–Trinajstić information content (AvgIpc) is 3.30. The lowest BCUT2D eigenvalue weighted by atomic mass is 9.98. The molecule has 3 aromatic heterocycles. The predicted molar refractivity (Wildman–Crippen MR) is 114 cm³/mol. The van der Waals surface area contributed by atoms with Crippen LogP contribution in [0.2, 0.25) is 0 Å². The molecule has 0 atom stereocenters. The zero-order valence-corrected chi connectivity index (χ0v) is 17.5. The Bertz CT molecular complexity index is 1310. The molecule has 1 fully saturated rings. The summed E-state index contributed by atoms with van der Waals surface area (Å²) >= 11 is 0. The van der Waals surface area contributed by atoms with Gasteiger partial charge in [0.05, 0.1) is 0 Å². The Morgan fingerprint density at radius 3 is 2.77 bits per heavy atom. The van der Waals surface area contributed by atoms with Crippen molar-refractivity contribution in [3.63, 3.8) is 0 Å². The van der Waals surface area contributed by atoms with Crippen molar-refractivity contribution >= 4 is 5.65 Å². The van der Waals surface area contributed by atoms with E-state index in [-0.39, 0.29) is 5.82 Å². The topological polar surface area (TPSA) is 68.9 Å². The molecule has 156 valence electrons. The van der Waals surface area contributed by atoms with Crippen LogP contribution in [0.25, 0.3) is 16.8 Å². The SMILES string of the molecule is Cc1nc(C2CC2)ncc1-c1cnc(CCc2c(F)ccc3c2CCC3)n2cnnc12. The molecule has 6 nitrogen and oxygen atoms in total. The van der Waals surface area contributed by atoms with Crippen LogP contribution in [-0.2, 0) is 25.7 Å². The van der Waals surface area contributed by atoms with Crippen molar-refractivity contribution in [2.24, 2.45) is 0 Å². The lowest BCUT2D eigenvalue weighted by Gasteiger charge is -2.12. The molecule has 3 heterocycles. The molecule has 1 aromatic carbocycles. The van der Waals surface area contributed by atoms with Crippen molar-refractivity contribution in [2.75, 3.05) is 0 Å². The monoisotopic (exact) mass is 414 g/mol. The highest BCUT2D eigenvalue weighted by atomic mass is 19.1. The molecule has 4 aromatic rings. The Hall–Kier alpha value is -3.22. The summed E-state index contributed by atoms with van der Waals surface area (Å²) in [6, 6.07) is 3.55. The van der Waals surface area contributed by atoms with E-state index < -0.39 is 0 Å². The average molecular weight is 414 g/mol.